The van der Waals surface area contributed by atoms with E-state index in [2.05, 4.69) is 39.8 Å². The second kappa shape index (κ2) is 11.6. The normalized spacial score (nSPS) is 12.4. The summed E-state index contributed by atoms with van der Waals surface area (Å²) in [6.07, 6.45) is 2.87. The highest BCUT2D eigenvalue weighted by Gasteiger charge is 2.22. The average molecular weight is 353 g/mol. The van der Waals surface area contributed by atoms with Crippen molar-refractivity contribution >= 4 is 19.3 Å². The summed E-state index contributed by atoms with van der Waals surface area (Å²) in [4.78, 5) is 12.4. The molecule has 0 heterocycles. The number of Topliss-reactive ketones (excluding diaryl/α,β-unsaturated/α-hetero) is 1. The van der Waals surface area contributed by atoms with Gasteiger partial charge in [-0.25, -0.2) is 0 Å². The first-order valence-corrected chi connectivity index (χ1v) is 9.05. The molecule has 3 heteroatoms. The first kappa shape index (κ1) is 23.0. The number of hydrogen-bond acceptors (Lipinski definition) is 2. The number of carbonyl (C=O) groups is 1. The van der Waals surface area contributed by atoms with E-state index >= 15 is 0 Å². The minimum atomic E-state index is 0. The van der Waals surface area contributed by atoms with Crippen molar-refractivity contribution in [1.29, 1.82) is 0 Å². The van der Waals surface area contributed by atoms with Gasteiger partial charge in [0.2, 0.25) is 0 Å². The largest absolute Gasteiger partial charge is 0.494 e. The zero-order valence-electron chi connectivity index (χ0n) is 16.3. The van der Waals surface area contributed by atoms with E-state index in [0.717, 1.165) is 31.6 Å². The van der Waals surface area contributed by atoms with Crippen molar-refractivity contribution in [3.8, 4) is 5.75 Å². The molecular weight excluding hydrogens is 316 g/mol. The Labute approximate surface area is 155 Å². The van der Waals surface area contributed by atoms with Crippen LogP contribution in [0, 0.1) is 23.7 Å². The van der Waals surface area contributed by atoms with E-state index in [0.29, 0.717) is 17.6 Å². The molecule has 0 aromatic heterocycles. The summed E-state index contributed by atoms with van der Waals surface area (Å²) >= 11 is 0. The third-order valence-electron chi connectivity index (χ3n) is 4.10. The Bertz CT molecular complexity index is 463. The van der Waals surface area contributed by atoms with Crippen molar-refractivity contribution in [2.24, 2.45) is 23.7 Å². The van der Waals surface area contributed by atoms with Gasteiger partial charge in [0.15, 0.2) is 0 Å². The second-order valence-corrected chi connectivity index (χ2v) is 7.76. The summed E-state index contributed by atoms with van der Waals surface area (Å²) in [5, 5.41) is 0. The van der Waals surface area contributed by atoms with Crippen LogP contribution in [0.5, 0.6) is 5.75 Å². The Morgan fingerprint density at radius 3 is 2.00 bits per heavy atom. The first-order chi connectivity index (χ1) is 10.8. The minimum Gasteiger partial charge on any atom is -0.494 e. The van der Waals surface area contributed by atoms with Gasteiger partial charge in [-0.05, 0) is 48.8 Å². The van der Waals surface area contributed by atoms with Gasteiger partial charge in [0.25, 0.3) is 0 Å². The number of ketones is 1. The van der Waals surface area contributed by atoms with Gasteiger partial charge >= 0.3 is 0 Å². The molecule has 0 aliphatic heterocycles. The zero-order valence-corrected chi connectivity index (χ0v) is 17.3. The summed E-state index contributed by atoms with van der Waals surface area (Å²) in [6.45, 7) is 13.5. The van der Waals surface area contributed by atoms with Crippen LogP contribution in [0.2, 0.25) is 0 Å². The summed E-state index contributed by atoms with van der Waals surface area (Å²) in [5.74, 6) is 2.75. The third-order valence-corrected chi connectivity index (χ3v) is 4.10. The molecule has 0 aliphatic carbocycles. The molecule has 0 saturated carbocycles. The summed E-state index contributed by atoms with van der Waals surface area (Å²) in [6, 6.07) is 8.27. The van der Waals surface area contributed by atoms with E-state index in [1.807, 2.05) is 26.0 Å². The molecule has 24 heavy (non-hydrogen) atoms. The molecule has 0 amide bonds. The highest BCUT2D eigenvalue weighted by Crippen LogP contribution is 2.23. The molecule has 0 fully saturated rings. The number of benzene rings is 1. The SMILES string of the molecule is CC(C)CCOc1ccc(C[C@H](CC(C)C)C(=O)C(C)C)cc1.S. The van der Waals surface area contributed by atoms with Crippen molar-refractivity contribution in [1.82, 2.24) is 0 Å². The van der Waals surface area contributed by atoms with E-state index in [4.69, 9.17) is 4.74 Å². The van der Waals surface area contributed by atoms with Crippen LogP contribution in [0.15, 0.2) is 24.3 Å². The summed E-state index contributed by atoms with van der Waals surface area (Å²) in [7, 11) is 0. The lowest BCUT2D eigenvalue weighted by molar-refractivity contribution is -0.126. The van der Waals surface area contributed by atoms with Crippen LogP contribution in [-0.4, -0.2) is 12.4 Å². The maximum atomic E-state index is 12.4. The molecular formula is C21H36O2S. The molecule has 1 aromatic carbocycles. The highest BCUT2D eigenvalue weighted by molar-refractivity contribution is 7.59. The van der Waals surface area contributed by atoms with Crippen molar-refractivity contribution in [2.75, 3.05) is 6.61 Å². The number of ether oxygens (including phenoxy) is 1. The highest BCUT2D eigenvalue weighted by atomic mass is 32.1. The van der Waals surface area contributed by atoms with E-state index in [9.17, 15) is 4.79 Å². The molecule has 0 saturated heterocycles. The van der Waals surface area contributed by atoms with Crippen LogP contribution in [0.1, 0.15) is 59.9 Å². The maximum Gasteiger partial charge on any atom is 0.138 e. The number of hydrogen-bond donors (Lipinski definition) is 0. The summed E-state index contributed by atoms with van der Waals surface area (Å²) < 4.78 is 5.76. The van der Waals surface area contributed by atoms with E-state index in [-0.39, 0.29) is 25.3 Å². The molecule has 0 radical (unpaired) electrons. The fourth-order valence-electron chi connectivity index (χ4n) is 2.76. The van der Waals surface area contributed by atoms with Crippen LogP contribution < -0.4 is 4.74 Å². The zero-order chi connectivity index (χ0) is 17.4. The minimum absolute atomic E-state index is 0. The molecule has 2 nitrogen and oxygen atoms in total. The molecule has 0 aliphatic rings. The molecule has 138 valence electrons. The molecule has 0 bridgehead atoms. The lowest BCUT2D eigenvalue weighted by Gasteiger charge is -2.20. The predicted molar refractivity (Wildman–Crippen MR) is 108 cm³/mol. The van der Waals surface area contributed by atoms with E-state index < -0.39 is 0 Å². The van der Waals surface area contributed by atoms with Crippen LogP contribution in [0.4, 0.5) is 0 Å². The topological polar surface area (TPSA) is 26.3 Å². The van der Waals surface area contributed by atoms with Gasteiger partial charge in [-0.2, -0.15) is 13.5 Å². The van der Waals surface area contributed by atoms with E-state index in [1.165, 1.54) is 5.56 Å². The van der Waals surface area contributed by atoms with Crippen molar-refractivity contribution in [3.05, 3.63) is 29.8 Å². The van der Waals surface area contributed by atoms with Crippen LogP contribution in [-0.2, 0) is 11.2 Å². The van der Waals surface area contributed by atoms with E-state index in [1.54, 1.807) is 0 Å². The first-order valence-electron chi connectivity index (χ1n) is 9.05. The Kier molecular flexibility index (Phi) is 11.1. The van der Waals surface area contributed by atoms with Crippen LogP contribution in [0.25, 0.3) is 0 Å². The molecule has 0 N–H and O–H groups in total. The Morgan fingerprint density at radius 1 is 0.958 bits per heavy atom. The van der Waals surface area contributed by atoms with Crippen LogP contribution in [0.3, 0.4) is 0 Å². The third kappa shape index (κ3) is 8.77. The Balaban J connectivity index is 0.00000529. The number of carbonyl (C=O) groups excluding carboxylic acids is 1. The standard InChI is InChI=1S/C21H34O2.H2S/c1-15(2)11-12-23-20-9-7-18(8-10-20)14-19(13-16(3)4)21(22)17(5)6;/h7-10,15-17,19H,11-14H2,1-6H3;1H2/t19-;/m0./s1. The Hall–Kier alpha value is -0.960. The van der Waals surface area contributed by atoms with Gasteiger partial charge in [0.1, 0.15) is 11.5 Å². The van der Waals surface area contributed by atoms with Gasteiger partial charge in [-0.15, -0.1) is 0 Å². The van der Waals surface area contributed by atoms with Gasteiger partial charge in [0.05, 0.1) is 6.61 Å². The van der Waals surface area contributed by atoms with Gasteiger partial charge < -0.3 is 4.74 Å². The molecule has 1 rings (SSSR count). The Morgan fingerprint density at radius 2 is 1.54 bits per heavy atom. The summed E-state index contributed by atoms with van der Waals surface area (Å²) in [5.41, 5.74) is 1.22. The molecule has 0 unspecified atom stereocenters. The number of rotatable bonds is 10. The lowest BCUT2D eigenvalue weighted by atomic mass is 9.84. The van der Waals surface area contributed by atoms with Gasteiger partial charge in [-0.3, -0.25) is 4.79 Å². The van der Waals surface area contributed by atoms with Crippen LogP contribution >= 0.6 is 13.5 Å². The van der Waals surface area contributed by atoms with Crippen molar-refractivity contribution < 1.29 is 9.53 Å². The van der Waals surface area contributed by atoms with Gasteiger partial charge in [-0.1, -0.05) is 53.7 Å². The molecule has 0 spiro atoms. The smallest absolute Gasteiger partial charge is 0.138 e. The molecule has 1 aromatic rings. The second-order valence-electron chi connectivity index (χ2n) is 7.76. The predicted octanol–water partition coefficient (Wildman–Crippen LogP) is 5.65. The lowest BCUT2D eigenvalue weighted by Crippen LogP contribution is -2.23. The fraction of sp³-hybridized carbons (Fsp3) is 0.667. The quantitative estimate of drug-likeness (QED) is 0.543. The fourth-order valence-corrected chi connectivity index (χ4v) is 2.76. The molecule has 1 atom stereocenters. The average Bonchev–Trinajstić information content (AvgIpc) is 2.46. The van der Waals surface area contributed by atoms with Crippen molar-refractivity contribution in [2.45, 2.75) is 60.8 Å². The van der Waals surface area contributed by atoms with Gasteiger partial charge in [0, 0.05) is 11.8 Å². The van der Waals surface area contributed by atoms with Crippen molar-refractivity contribution in [3.63, 3.8) is 0 Å². The maximum absolute atomic E-state index is 12.4. The monoisotopic (exact) mass is 352 g/mol.